The van der Waals surface area contributed by atoms with Crippen LogP contribution in [0.4, 0.5) is 0 Å². The first-order valence-corrected chi connectivity index (χ1v) is 9.33. The molecule has 0 atom stereocenters. The number of benzene rings is 3. The Morgan fingerprint density at radius 1 is 0.767 bits per heavy atom. The second-order valence-corrected chi connectivity index (χ2v) is 6.59. The minimum Gasteiger partial charge on any atom is -0.493 e. The number of carbonyl (C=O) groups is 2. The van der Waals surface area contributed by atoms with E-state index in [1.807, 2.05) is 25.1 Å². The Morgan fingerprint density at radius 3 is 2.03 bits per heavy atom. The van der Waals surface area contributed by atoms with Crippen LogP contribution in [0.25, 0.3) is 6.08 Å². The fraction of sp³-hybridized carbons (Fsp3) is 0.120. The Balaban J connectivity index is 1.65. The number of ether oxygens (including phenoxy) is 3. The zero-order chi connectivity index (χ0) is 21.5. The molecule has 0 aromatic heterocycles. The zero-order valence-electron chi connectivity index (χ0n) is 17.0. The first-order valence-electron chi connectivity index (χ1n) is 9.33. The third kappa shape index (κ3) is 5.14. The van der Waals surface area contributed by atoms with Gasteiger partial charge in [-0.2, -0.15) is 0 Å². The number of hydrogen-bond acceptors (Lipinski definition) is 5. The van der Waals surface area contributed by atoms with Gasteiger partial charge in [0, 0.05) is 5.56 Å². The normalized spacial score (nSPS) is 10.6. The number of rotatable bonds is 7. The van der Waals surface area contributed by atoms with E-state index >= 15 is 0 Å². The molecule has 5 heteroatoms. The van der Waals surface area contributed by atoms with Gasteiger partial charge in [0.2, 0.25) is 0 Å². The lowest BCUT2D eigenvalue weighted by Crippen LogP contribution is -2.08. The van der Waals surface area contributed by atoms with E-state index in [1.54, 1.807) is 68.8 Å². The van der Waals surface area contributed by atoms with Gasteiger partial charge in [0.1, 0.15) is 5.75 Å². The highest BCUT2D eigenvalue weighted by atomic mass is 16.5. The van der Waals surface area contributed by atoms with Crippen molar-refractivity contribution < 1.29 is 23.8 Å². The minimum atomic E-state index is -0.442. The lowest BCUT2D eigenvalue weighted by atomic mass is 10.1. The van der Waals surface area contributed by atoms with Crippen LogP contribution in [0.2, 0.25) is 0 Å². The molecule has 0 heterocycles. The molecular formula is C25H22O5. The van der Waals surface area contributed by atoms with E-state index in [1.165, 1.54) is 6.08 Å². The van der Waals surface area contributed by atoms with Crippen molar-refractivity contribution in [3.05, 3.63) is 95.1 Å². The fourth-order valence-corrected chi connectivity index (χ4v) is 2.77. The van der Waals surface area contributed by atoms with Crippen LogP contribution < -0.4 is 14.2 Å². The van der Waals surface area contributed by atoms with E-state index in [2.05, 4.69) is 0 Å². The number of ketones is 1. The SMILES string of the molecule is COc1ccc(C=CC(=O)c2ccc(OC(=O)c3ccc(C)cc3)cc2)cc1OC. The van der Waals surface area contributed by atoms with Gasteiger partial charge in [-0.15, -0.1) is 0 Å². The lowest BCUT2D eigenvalue weighted by Gasteiger charge is -2.07. The summed E-state index contributed by atoms with van der Waals surface area (Å²) in [5.74, 6) is 0.980. The van der Waals surface area contributed by atoms with Crippen LogP contribution >= 0.6 is 0 Å². The van der Waals surface area contributed by atoms with Crippen LogP contribution in [-0.4, -0.2) is 26.0 Å². The van der Waals surface area contributed by atoms with Gasteiger partial charge in [-0.05, 0) is 67.1 Å². The summed E-state index contributed by atoms with van der Waals surface area (Å²) < 4.78 is 15.8. The molecule has 3 aromatic rings. The molecule has 0 aliphatic heterocycles. The predicted molar refractivity (Wildman–Crippen MR) is 115 cm³/mol. The molecule has 0 spiro atoms. The van der Waals surface area contributed by atoms with Crippen LogP contribution in [0.3, 0.4) is 0 Å². The van der Waals surface area contributed by atoms with E-state index in [4.69, 9.17) is 14.2 Å². The van der Waals surface area contributed by atoms with Crippen molar-refractivity contribution in [3.8, 4) is 17.2 Å². The molecule has 0 unspecified atom stereocenters. The summed E-state index contributed by atoms with van der Waals surface area (Å²) in [7, 11) is 3.13. The van der Waals surface area contributed by atoms with Gasteiger partial charge in [-0.25, -0.2) is 4.79 Å². The smallest absolute Gasteiger partial charge is 0.343 e. The van der Waals surface area contributed by atoms with Crippen molar-refractivity contribution in [1.82, 2.24) is 0 Å². The quantitative estimate of drug-likeness (QED) is 0.237. The Morgan fingerprint density at radius 2 is 1.40 bits per heavy atom. The molecule has 0 saturated carbocycles. The molecule has 0 saturated heterocycles. The van der Waals surface area contributed by atoms with Gasteiger partial charge < -0.3 is 14.2 Å². The van der Waals surface area contributed by atoms with Crippen molar-refractivity contribution in [2.24, 2.45) is 0 Å². The van der Waals surface area contributed by atoms with Crippen LogP contribution in [0.5, 0.6) is 17.2 Å². The Kier molecular flexibility index (Phi) is 6.65. The second-order valence-electron chi connectivity index (χ2n) is 6.59. The third-order valence-corrected chi connectivity index (χ3v) is 4.47. The summed E-state index contributed by atoms with van der Waals surface area (Å²) in [6.07, 6.45) is 3.18. The van der Waals surface area contributed by atoms with E-state index in [-0.39, 0.29) is 5.78 Å². The Labute approximate surface area is 175 Å². The maximum absolute atomic E-state index is 12.4. The zero-order valence-corrected chi connectivity index (χ0v) is 17.0. The summed E-state index contributed by atoms with van der Waals surface area (Å²) in [5.41, 5.74) is 2.83. The summed E-state index contributed by atoms with van der Waals surface area (Å²) >= 11 is 0. The minimum absolute atomic E-state index is 0.166. The largest absolute Gasteiger partial charge is 0.493 e. The van der Waals surface area contributed by atoms with Gasteiger partial charge in [-0.1, -0.05) is 29.8 Å². The number of allylic oxidation sites excluding steroid dienone is 1. The summed E-state index contributed by atoms with van der Waals surface area (Å²) in [4.78, 5) is 24.6. The first-order chi connectivity index (χ1) is 14.5. The van der Waals surface area contributed by atoms with Gasteiger partial charge in [-0.3, -0.25) is 4.79 Å². The number of methoxy groups -OCH3 is 2. The maximum Gasteiger partial charge on any atom is 0.343 e. The summed E-state index contributed by atoms with van der Waals surface area (Å²) in [6, 6.07) is 19.0. The van der Waals surface area contributed by atoms with Crippen LogP contribution in [0, 0.1) is 6.92 Å². The molecule has 5 nitrogen and oxygen atoms in total. The highest BCUT2D eigenvalue weighted by Crippen LogP contribution is 2.28. The Hall–Kier alpha value is -3.86. The highest BCUT2D eigenvalue weighted by Gasteiger charge is 2.09. The molecule has 0 aliphatic carbocycles. The molecule has 0 amide bonds. The van der Waals surface area contributed by atoms with Gasteiger partial charge in [0.15, 0.2) is 17.3 Å². The standard InChI is InChI=1S/C25H22O5/c1-17-4-8-20(9-5-17)25(27)30-21-12-10-19(11-13-21)22(26)14-6-18-7-15-23(28-2)24(16-18)29-3/h4-16H,1-3H3. The first kappa shape index (κ1) is 20.9. The number of esters is 1. The van der Waals surface area contributed by atoms with E-state index in [0.29, 0.717) is 28.4 Å². The third-order valence-electron chi connectivity index (χ3n) is 4.47. The van der Waals surface area contributed by atoms with Crippen LogP contribution in [-0.2, 0) is 0 Å². The lowest BCUT2D eigenvalue weighted by molar-refractivity contribution is 0.0734. The highest BCUT2D eigenvalue weighted by molar-refractivity contribution is 6.07. The Bertz CT molecular complexity index is 1060. The predicted octanol–water partition coefficient (Wildman–Crippen LogP) is 5.13. The molecule has 3 aromatic carbocycles. The average molecular weight is 402 g/mol. The molecule has 152 valence electrons. The van der Waals surface area contributed by atoms with Crippen molar-refractivity contribution in [2.45, 2.75) is 6.92 Å². The molecule has 30 heavy (non-hydrogen) atoms. The molecule has 0 fully saturated rings. The second kappa shape index (κ2) is 9.56. The fourth-order valence-electron chi connectivity index (χ4n) is 2.77. The van der Waals surface area contributed by atoms with Crippen molar-refractivity contribution in [2.75, 3.05) is 14.2 Å². The summed E-state index contributed by atoms with van der Waals surface area (Å²) in [5, 5.41) is 0. The monoisotopic (exact) mass is 402 g/mol. The van der Waals surface area contributed by atoms with Crippen molar-refractivity contribution in [1.29, 1.82) is 0 Å². The topological polar surface area (TPSA) is 61.8 Å². The molecular weight excluding hydrogens is 380 g/mol. The summed E-state index contributed by atoms with van der Waals surface area (Å²) in [6.45, 7) is 1.95. The van der Waals surface area contributed by atoms with E-state index < -0.39 is 5.97 Å². The number of carbonyl (C=O) groups excluding carboxylic acids is 2. The van der Waals surface area contributed by atoms with E-state index in [9.17, 15) is 9.59 Å². The van der Waals surface area contributed by atoms with E-state index in [0.717, 1.165) is 11.1 Å². The number of hydrogen-bond donors (Lipinski definition) is 0. The molecule has 0 bridgehead atoms. The van der Waals surface area contributed by atoms with Crippen molar-refractivity contribution >= 4 is 17.8 Å². The number of aryl methyl sites for hydroxylation is 1. The molecule has 0 radical (unpaired) electrons. The van der Waals surface area contributed by atoms with Crippen molar-refractivity contribution in [3.63, 3.8) is 0 Å². The van der Waals surface area contributed by atoms with Gasteiger partial charge in [0.25, 0.3) is 0 Å². The molecule has 0 aliphatic rings. The average Bonchev–Trinajstić information content (AvgIpc) is 2.78. The van der Waals surface area contributed by atoms with Crippen LogP contribution in [0.1, 0.15) is 31.8 Å². The van der Waals surface area contributed by atoms with Gasteiger partial charge in [0.05, 0.1) is 19.8 Å². The van der Waals surface area contributed by atoms with Crippen LogP contribution in [0.15, 0.2) is 72.8 Å². The maximum atomic E-state index is 12.4. The molecule has 3 rings (SSSR count). The molecule has 0 N–H and O–H groups in total. The van der Waals surface area contributed by atoms with Gasteiger partial charge >= 0.3 is 5.97 Å².